The van der Waals surface area contributed by atoms with Gasteiger partial charge in [0.05, 0.1) is 20.2 Å². The maximum Gasteiger partial charge on any atom is 2.00 e. The minimum atomic E-state index is -3.97. The van der Waals surface area contributed by atoms with Crippen molar-refractivity contribution in [3.8, 4) is 0 Å². The van der Waals surface area contributed by atoms with Crippen LogP contribution in [0.4, 0.5) is 0 Å². The minimum absolute atomic E-state index is 0. The van der Waals surface area contributed by atoms with Crippen molar-refractivity contribution >= 4 is 20.2 Å². The van der Waals surface area contributed by atoms with E-state index in [1.54, 1.807) is 27.7 Å². The van der Waals surface area contributed by atoms with Crippen LogP contribution in [-0.4, -0.2) is 37.4 Å². The zero-order valence-electron chi connectivity index (χ0n) is 10.5. The van der Waals surface area contributed by atoms with Crippen LogP contribution in [0.25, 0.3) is 0 Å². The molecule has 0 radical (unpaired) electrons. The van der Waals surface area contributed by atoms with Gasteiger partial charge < -0.3 is 9.11 Å². The molecule has 9 heteroatoms. The second-order valence-corrected chi connectivity index (χ2v) is 7.13. The molecule has 6 nitrogen and oxygen atoms in total. The Morgan fingerprint density at radius 1 is 0.765 bits per heavy atom. The van der Waals surface area contributed by atoms with Crippen LogP contribution in [0.1, 0.15) is 27.7 Å². The third-order valence-electron chi connectivity index (χ3n) is 1.07. The average molecular weight is 340 g/mol. The summed E-state index contributed by atoms with van der Waals surface area (Å²) in [6, 6.07) is 0. The van der Waals surface area contributed by atoms with Crippen molar-refractivity contribution < 1.29 is 45.4 Å². The molecule has 0 amide bonds. The molecule has 0 heterocycles. The first kappa shape index (κ1) is 22.6. The van der Waals surface area contributed by atoms with Crippen molar-refractivity contribution in [1.82, 2.24) is 0 Å². The summed E-state index contributed by atoms with van der Waals surface area (Å²) in [7, 11) is -7.95. The van der Waals surface area contributed by atoms with E-state index in [0.29, 0.717) is 0 Å². The first-order valence-electron chi connectivity index (χ1n) is 4.70. The quantitative estimate of drug-likeness (QED) is 0.540. The molecule has 0 saturated heterocycles. The molecule has 0 unspecified atom stereocenters. The second kappa shape index (κ2) is 9.38. The Labute approximate surface area is 116 Å². The van der Waals surface area contributed by atoms with Crippen LogP contribution in [0.3, 0.4) is 0 Å². The molecule has 0 aromatic carbocycles. The Hall–Kier alpha value is 0.443. The van der Waals surface area contributed by atoms with Crippen LogP contribution in [0.15, 0.2) is 0 Å². The predicted molar refractivity (Wildman–Crippen MR) is 58.8 cm³/mol. The van der Waals surface area contributed by atoms with Gasteiger partial charge in [-0.25, -0.2) is 16.8 Å². The molecule has 0 aromatic heterocycles. The number of hydrogen-bond donors (Lipinski definition) is 0. The summed E-state index contributed by atoms with van der Waals surface area (Å²) < 4.78 is 59.3. The fraction of sp³-hybridized carbons (Fsp3) is 1.00. The monoisotopic (exact) mass is 338 g/mol. The van der Waals surface area contributed by atoms with Gasteiger partial charge in [0.25, 0.3) is 0 Å². The fourth-order valence-corrected chi connectivity index (χ4v) is 2.45. The Morgan fingerprint density at radius 3 is 0.941 bits per heavy atom. The summed E-state index contributed by atoms with van der Waals surface area (Å²) in [5, 5.41) is 0. The number of hydrogen-bond acceptors (Lipinski definition) is 6. The Kier molecular flexibility index (Phi) is 12.5. The molecule has 0 aliphatic rings. The molecule has 0 fully saturated rings. The second-order valence-electron chi connectivity index (χ2n) is 4.24. The maximum atomic E-state index is 9.89. The smallest absolute Gasteiger partial charge is 0.748 e. The van der Waals surface area contributed by atoms with Crippen LogP contribution in [-0.2, 0) is 39.7 Å². The standard InChI is InChI=1S/2C4H10O3S.Zn/c2*1-4(2)3-8(5,6)7;/h2*4H,3H2,1-2H3,(H,5,6,7);/q;;+2/p-2. The van der Waals surface area contributed by atoms with E-state index in [2.05, 4.69) is 0 Å². The molecule has 0 atom stereocenters. The van der Waals surface area contributed by atoms with Crippen LogP contribution in [0.2, 0.25) is 0 Å². The van der Waals surface area contributed by atoms with Gasteiger partial charge in [-0.2, -0.15) is 0 Å². The molecule has 0 N–H and O–H groups in total. The van der Waals surface area contributed by atoms with Gasteiger partial charge >= 0.3 is 19.5 Å². The zero-order chi connectivity index (χ0) is 13.6. The van der Waals surface area contributed by atoms with E-state index in [4.69, 9.17) is 0 Å². The van der Waals surface area contributed by atoms with Gasteiger partial charge in [-0.1, -0.05) is 27.7 Å². The maximum absolute atomic E-state index is 9.89. The molecule has 17 heavy (non-hydrogen) atoms. The summed E-state index contributed by atoms with van der Waals surface area (Å²) in [6.45, 7) is 6.76. The van der Waals surface area contributed by atoms with E-state index >= 15 is 0 Å². The van der Waals surface area contributed by atoms with Crippen molar-refractivity contribution in [1.29, 1.82) is 0 Å². The van der Waals surface area contributed by atoms with E-state index < -0.39 is 20.2 Å². The van der Waals surface area contributed by atoms with E-state index in [9.17, 15) is 25.9 Å². The predicted octanol–water partition coefficient (Wildman–Crippen LogP) is 0.373. The van der Waals surface area contributed by atoms with E-state index in [1.165, 1.54) is 0 Å². The molecule has 0 rings (SSSR count). The van der Waals surface area contributed by atoms with Crippen molar-refractivity contribution in [2.75, 3.05) is 11.5 Å². The van der Waals surface area contributed by atoms with Gasteiger partial charge in [0.1, 0.15) is 0 Å². The fourth-order valence-electron chi connectivity index (χ4n) is 0.816. The first-order chi connectivity index (χ1) is 6.83. The zero-order valence-corrected chi connectivity index (χ0v) is 15.1. The summed E-state index contributed by atoms with van der Waals surface area (Å²) in [4.78, 5) is 0. The topological polar surface area (TPSA) is 114 Å². The third-order valence-corrected chi connectivity index (χ3v) is 3.22. The molecular weight excluding hydrogens is 322 g/mol. The average Bonchev–Trinajstić information content (AvgIpc) is 1.72. The van der Waals surface area contributed by atoms with Crippen molar-refractivity contribution in [2.24, 2.45) is 11.8 Å². The molecule has 0 aliphatic heterocycles. The van der Waals surface area contributed by atoms with Gasteiger partial charge in [0.15, 0.2) is 0 Å². The summed E-state index contributed by atoms with van der Waals surface area (Å²) >= 11 is 0. The first-order valence-corrected chi connectivity index (χ1v) is 7.86. The Morgan fingerprint density at radius 2 is 0.941 bits per heavy atom. The molecule has 0 aliphatic carbocycles. The third kappa shape index (κ3) is 31.5. The SMILES string of the molecule is CC(C)CS(=O)(=O)[O-].CC(C)CS(=O)(=O)[O-].[Zn+2]. The van der Waals surface area contributed by atoms with Gasteiger partial charge in [0.2, 0.25) is 0 Å². The van der Waals surface area contributed by atoms with Gasteiger partial charge in [-0.05, 0) is 11.8 Å². The summed E-state index contributed by atoms with van der Waals surface area (Å²) in [5.41, 5.74) is 0. The normalized spacial score (nSPS) is 11.8. The Balaban J connectivity index is -0.000000218. The van der Waals surface area contributed by atoms with Crippen LogP contribution in [0, 0.1) is 11.8 Å². The largest absolute Gasteiger partial charge is 2.00 e. The van der Waals surface area contributed by atoms with E-state index in [0.717, 1.165) is 0 Å². The van der Waals surface area contributed by atoms with Crippen molar-refractivity contribution in [2.45, 2.75) is 27.7 Å². The van der Waals surface area contributed by atoms with Crippen LogP contribution < -0.4 is 0 Å². The molecule has 0 saturated carbocycles. The summed E-state index contributed by atoms with van der Waals surface area (Å²) in [6.07, 6.45) is 0. The van der Waals surface area contributed by atoms with Crippen molar-refractivity contribution in [3.05, 3.63) is 0 Å². The molecule has 0 aromatic rings. The van der Waals surface area contributed by atoms with Crippen LogP contribution >= 0.6 is 0 Å². The number of rotatable bonds is 4. The Bertz CT molecular complexity index is 333. The van der Waals surface area contributed by atoms with Gasteiger partial charge in [0, 0.05) is 11.5 Å². The van der Waals surface area contributed by atoms with Crippen molar-refractivity contribution in [3.63, 3.8) is 0 Å². The molecule has 0 bridgehead atoms. The summed E-state index contributed by atoms with van der Waals surface area (Å²) in [5.74, 6) is -0.630. The van der Waals surface area contributed by atoms with Gasteiger partial charge in [-0.15, -0.1) is 0 Å². The molecule has 100 valence electrons. The minimum Gasteiger partial charge on any atom is -0.748 e. The molecular formula is C8H18O6S2Zn. The van der Waals surface area contributed by atoms with Crippen LogP contribution in [0.5, 0.6) is 0 Å². The molecule has 0 spiro atoms. The van der Waals surface area contributed by atoms with Gasteiger partial charge in [-0.3, -0.25) is 0 Å². The van der Waals surface area contributed by atoms with E-state index in [-0.39, 0.29) is 42.8 Å². The van der Waals surface area contributed by atoms with E-state index in [1.807, 2.05) is 0 Å².